The van der Waals surface area contributed by atoms with Crippen LogP contribution in [0.2, 0.25) is 0 Å². The summed E-state index contributed by atoms with van der Waals surface area (Å²) in [6.07, 6.45) is 1.26. The lowest BCUT2D eigenvalue weighted by Gasteiger charge is -2.38. The fraction of sp³-hybridized carbons (Fsp3) is 0.296. The van der Waals surface area contributed by atoms with Gasteiger partial charge in [-0.3, -0.25) is 4.79 Å². The number of benzene rings is 2. The van der Waals surface area contributed by atoms with Crippen molar-refractivity contribution in [2.45, 2.75) is 39.5 Å². The van der Waals surface area contributed by atoms with Gasteiger partial charge in [0.2, 0.25) is 0 Å². The Hall–Kier alpha value is -3.87. The minimum atomic E-state index is -1.03. The topological polar surface area (TPSA) is 93.5 Å². The second kappa shape index (κ2) is 8.17. The number of hydrogen-bond acceptors (Lipinski definition) is 5. The second-order valence-corrected chi connectivity index (χ2v) is 9.74. The summed E-state index contributed by atoms with van der Waals surface area (Å²) in [5.74, 6) is 0.209. The van der Waals surface area contributed by atoms with E-state index in [2.05, 4.69) is 19.2 Å². The third kappa shape index (κ3) is 3.87. The molecule has 0 saturated heterocycles. The van der Waals surface area contributed by atoms with Crippen molar-refractivity contribution >= 4 is 17.6 Å². The van der Waals surface area contributed by atoms with Gasteiger partial charge in [0, 0.05) is 29.2 Å². The summed E-state index contributed by atoms with van der Waals surface area (Å²) in [7, 11) is 0. The number of nitrogens with one attached hydrogen (secondary N) is 1. The summed E-state index contributed by atoms with van der Waals surface area (Å²) in [6.45, 7) is 5.81. The van der Waals surface area contributed by atoms with E-state index in [9.17, 15) is 9.59 Å². The third-order valence-corrected chi connectivity index (χ3v) is 6.45. The van der Waals surface area contributed by atoms with Crippen LogP contribution in [0.25, 0.3) is 5.69 Å². The molecule has 1 aliphatic heterocycles. The minimum Gasteiger partial charge on any atom is -0.482 e. The van der Waals surface area contributed by atoms with Gasteiger partial charge in [0.05, 0.1) is 11.4 Å². The zero-order valence-corrected chi connectivity index (χ0v) is 19.5. The summed E-state index contributed by atoms with van der Waals surface area (Å²) in [4.78, 5) is 24.3. The van der Waals surface area contributed by atoms with Crippen molar-refractivity contribution in [2.24, 2.45) is 5.41 Å². The number of ketones is 1. The van der Waals surface area contributed by atoms with Crippen LogP contribution in [-0.2, 0) is 9.59 Å². The van der Waals surface area contributed by atoms with Gasteiger partial charge in [0.1, 0.15) is 11.6 Å². The number of carboxylic acid groups (broad SMARTS) is 1. The molecule has 7 heteroatoms. The molecule has 2 heterocycles. The molecule has 2 N–H and O–H groups in total. The Bertz CT molecular complexity index is 1300. The van der Waals surface area contributed by atoms with Crippen molar-refractivity contribution in [1.82, 2.24) is 9.78 Å². The first kappa shape index (κ1) is 21.9. The summed E-state index contributed by atoms with van der Waals surface area (Å²) >= 11 is 0. The number of hydrogen-bond donors (Lipinski definition) is 2. The Labute approximate surface area is 198 Å². The van der Waals surface area contributed by atoms with Crippen LogP contribution in [-0.4, -0.2) is 33.2 Å². The Morgan fingerprint density at radius 2 is 1.85 bits per heavy atom. The molecule has 34 heavy (non-hydrogen) atoms. The number of allylic oxidation sites excluding steroid dienone is 2. The average molecular weight is 458 g/mol. The summed E-state index contributed by atoms with van der Waals surface area (Å²) < 4.78 is 7.23. The number of nitrogens with zero attached hydrogens (tertiary/aromatic N) is 2. The molecule has 3 aromatic rings. The number of para-hydroxylation sites is 1. The van der Waals surface area contributed by atoms with Crippen LogP contribution >= 0.6 is 0 Å². The number of carbonyl (C=O) groups excluding carboxylic acids is 1. The number of rotatable bonds is 5. The quantitative estimate of drug-likeness (QED) is 0.569. The van der Waals surface area contributed by atoms with E-state index in [-0.39, 0.29) is 17.1 Å². The fourth-order valence-electron chi connectivity index (χ4n) is 5.06. The molecule has 0 spiro atoms. The van der Waals surface area contributed by atoms with Crippen LogP contribution in [0.4, 0.5) is 5.82 Å². The number of carbonyl (C=O) groups is 2. The van der Waals surface area contributed by atoms with Gasteiger partial charge in [-0.05, 0) is 48.6 Å². The first-order valence-electron chi connectivity index (χ1n) is 11.4. The van der Waals surface area contributed by atoms with Gasteiger partial charge in [-0.2, -0.15) is 5.10 Å². The molecule has 0 bridgehead atoms. The number of carboxylic acids is 1. The molecular weight excluding hydrogens is 430 g/mol. The summed E-state index contributed by atoms with van der Waals surface area (Å²) in [5.41, 5.74) is 5.33. The van der Waals surface area contributed by atoms with E-state index in [0.29, 0.717) is 12.2 Å². The number of aryl methyl sites for hydroxylation is 1. The Balaban J connectivity index is 1.65. The van der Waals surface area contributed by atoms with Crippen molar-refractivity contribution in [3.63, 3.8) is 0 Å². The minimum absolute atomic E-state index is 0.133. The van der Waals surface area contributed by atoms with E-state index in [0.717, 1.165) is 46.0 Å². The molecule has 174 valence electrons. The number of ether oxygens (including phenoxy) is 1. The van der Waals surface area contributed by atoms with Crippen LogP contribution in [0, 0.1) is 12.3 Å². The number of anilines is 1. The Morgan fingerprint density at radius 3 is 2.53 bits per heavy atom. The van der Waals surface area contributed by atoms with Gasteiger partial charge in [-0.25, -0.2) is 9.48 Å². The van der Waals surface area contributed by atoms with E-state index in [1.165, 1.54) is 0 Å². The predicted octanol–water partition coefficient (Wildman–Crippen LogP) is 4.84. The van der Waals surface area contributed by atoms with Crippen LogP contribution in [0.5, 0.6) is 5.75 Å². The first-order valence-corrected chi connectivity index (χ1v) is 11.4. The highest BCUT2D eigenvalue weighted by Crippen LogP contribution is 2.50. The molecule has 1 aliphatic carbocycles. The molecule has 0 saturated carbocycles. The second-order valence-electron chi connectivity index (χ2n) is 9.74. The normalized spacial score (nSPS) is 18.7. The van der Waals surface area contributed by atoms with Gasteiger partial charge < -0.3 is 15.2 Å². The van der Waals surface area contributed by atoms with Crippen molar-refractivity contribution in [3.05, 3.63) is 82.7 Å². The lowest BCUT2D eigenvalue weighted by Crippen LogP contribution is -2.34. The predicted molar refractivity (Wildman–Crippen MR) is 128 cm³/mol. The standard InChI is InChI=1S/C27H27N3O4/c1-16-23-24(17-9-11-19(12-10-17)34-15-22(32)33)25-20(13-27(2,3)14-21(25)31)28-26(23)30(29-16)18-7-5-4-6-8-18/h4-12,24,28H,13-15H2,1-3H3,(H,32,33)/t24-/m0/s1. The molecule has 7 nitrogen and oxygen atoms in total. The molecule has 5 rings (SSSR count). The summed E-state index contributed by atoms with van der Waals surface area (Å²) in [6, 6.07) is 17.3. The number of fused-ring (bicyclic) bond motifs is 1. The largest absolute Gasteiger partial charge is 0.482 e. The lowest BCUT2D eigenvalue weighted by molar-refractivity contribution is -0.139. The number of Topliss-reactive ketones (excluding diaryl/α,β-unsaturated/α-hetero) is 1. The number of aromatic nitrogens is 2. The van der Waals surface area contributed by atoms with Gasteiger partial charge >= 0.3 is 5.97 Å². The maximum atomic E-state index is 13.5. The van der Waals surface area contributed by atoms with E-state index >= 15 is 0 Å². The van der Waals surface area contributed by atoms with Crippen LogP contribution in [0.15, 0.2) is 65.9 Å². The highest BCUT2D eigenvalue weighted by Gasteiger charge is 2.42. The highest BCUT2D eigenvalue weighted by molar-refractivity contribution is 6.01. The smallest absolute Gasteiger partial charge is 0.341 e. The van der Waals surface area contributed by atoms with Crippen LogP contribution in [0.3, 0.4) is 0 Å². The van der Waals surface area contributed by atoms with Gasteiger partial charge in [-0.1, -0.05) is 44.2 Å². The summed E-state index contributed by atoms with van der Waals surface area (Å²) in [5, 5.41) is 17.3. The van der Waals surface area contributed by atoms with E-state index in [4.69, 9.17) is 14.9 Å². The number of aliphatic carboxylic acids is 1. The molecule has 0 amide bonds. The average Bonchev–Trinajstić information content (AvgIpc) is 3.12. The molecule has 0 fully saturated rings. The SMILES string of the molecule is Cc1nn(-c2ccccc2)c2c1[C@H](c1ccc(OCC(=O)O)cc1)C1=C(CC(C)(C)CC1=O)N2. The Kier molecular flexibility index (Phi) is 5.27. The third-order valence-electron chi connectivity index (χ3n) is 6.45. The highest BCUT2D eigenvalue weighted by atomic mass is 16.5. The first-order chi connectivity index (χ1) is 16.2. The molecular formula is C27H27N3O4. The fourth-order valence-corrected chi connectivity index (χ4v) is 5.06. The van der Waals surface area contributed by atoms with Gasteiger partial charge in [-0.15, -0.1) is 0 Å². The molecule has 1 atom stereocenters. The molecule has 1 aromatic heterocycles. The van der Waals surface area contributed by atoms with Gasteiger partial charge in [0.25, 0.3) is 0 Å². The van der Waals surface area contributed by atoms with Crippen molar-refractivity contribution in [3.8, 4) is 11.4 Å². The zero-order valence-electron chi connectivity index (χ0n) is 19.5. The maximum Gasteiger partial charge on any atom is 0.341 e. The van der Waals surface area contributed by atoms with Crippen LogP contribution in [0.1, 0.15) is 49.4 Å². The lowest BCUT2D eigenvalue weighted by atomic mass is 9.69. The van der Waals surface area contributed by atoms with Crippen molar-refractivity contribution in [1.29, 1.82) is 0 Å². The van der Waals surface area contributed by atoms with E-state index in [1.807, 2.05) is 54.1 Å². The van der Waals surface area contributed by atoms with Crippen molar-refractivity contribution in [2.75, 3.05) is 11.9 Å². The van der Waals surface area contributed by atoms with Crippen LogP contribution < -0.4 is 10.1 Å². The van der Waals surface area contributed by atoms with Gasteiger partial charge in [0.15, 0.2) is 12.4 Å². The maximum absolute atomic E-state index is 13.5. The monoisotopic (exact) mass is 457 g/mol. The molecule has 2 aromatic carbocycles. The molecule has 0 radical (unpaired) electrons. The molecule has 2 aliphatic rings. The molecule has 0 unspecified atom stereocenters. The Morgan fingerprint density at radius 1 is 1.15 bits per heavy atom. The zero-order chi connectivity index (χ0) is 24.0. The van der Waals surface area contributed by atoms with E-state index in [1.54, 1.807) is 12.1 Å². The van der Waals surface area contributed by atoms with E-state index < -0.39 is 12.6 Å². The van der Waals surface area contributed by atoms with Crippen molar-refractivity contribution < 1.29 is 19.4 Å².